The number of H-pyrrole nitrogens is 1. The van der Waals surface area contributed by atoms with Gasteiger partial charge in [-0.2, -0.15) is 0 Å². The summed E-state index contributed by atoms with van der Waals surface area (Å²) in [5, 5.41) is 5.29. The number of thiazole rings is 1. The fourth-order valence-corrected chi connectivity index (χ4v) is 2.62. The Balaban J connectivity index is 1.79. The predicted molar refractivity (Wildman–Crippen MR) is 82.2 cm³/mol. The van der Waals surface area contributed by atoms with Crippen molar-refractivity contribution >= 4 is 28.1 Å². The van der Waals surface area contributed by atoms with Crippen molar-refractivity contribution in [3.63, 3.8) is 0 Å². The first-order chi connectivity index (χ1) is 10.6. The highest BCUT2D eigenvalue weighted by atomic mass is 32.1. The molecule has 114 valence electrons. The molecule has 3 aromatic rings. The molecule has 0 aliphatic heterocycles. The minimum Gasteiger partial charge on any atom is -0.484 e. The normalized spacial score (nSPS) is 10.8. The van der Waals surface area contributed by atoms with Gasteiger partial charge in [-0.15, -0.1) is 11.3 Å². The van der Waals surface area contributed by atoms with Gasteiger partial charge in [0.1, 0.15) is 6.61 Å². The lowest BCUT2D eigenvalue weighted by Crippen LogP contribution is -2.18. The molecule has 2 heterocycles. The number of halogens is 1. The Labute approximate surface area is 130 Å². The number of amides is 1. The second-order valence-corrected chi connectivity index (χ2v) is 5.56. The number of carbonyl (C=O) groups excluding carboxylic acids is 1. The number of carbonyl (C=O) groups is 1. The summed E-state index contributed by atoms with van der Waals surface area (Å²) in [4.78, 5) is 18.2. The summed E-state index contributed by atoms with van der Waals surface area (Å²) < 4.78 is 19.5. The Kier molecular flexibility index (Phi) is 4.06. The highest BCUT2D eigenvalue weighted by molar-refractivity contribution is 7.07. The molecule has 0 aliphatic carbocycles. The van der Waals surface area contributed by atoms with Crippen LogP contribution in [0.4, 0.5) is 4.39 Å². The molecule has 2 N–H and O–H groups in total. The van der Waals surface area contributed by atoms with Gasteiger partial charge in [-0.25, -0.2) is 9.37 Å². The van der Waals surface area contributed by atoms with Crippen LogP contribution in [0, 0.1) is 5.82 Å². The second-order valence-electron chi connectivity index (χ2n) is 4.84. The van der Waals surface area contributed by atoms with Crippen LogP contribution in [-0.2, 0) is 17.9 Å². The lowest BCUT2D eigenvalue weighted by Gasteiger charge is -2.05. The maximum absolute atomic E-state index is 14.0. The summed E-state index contributed by atoms with van der Waals surface area (Å²) in [7, 11) is 0. The van der Waals surface area contributed by atoms with E-state index in [9.17, 15) is 9.18 Å². The molecular weight excluding hydrogens is 305 g/mol. The van der Waals surface area contributed by atoms with E-state index in [1.165, 1.54) is 24.3 Å². The van der Waals surface area contributed by atoms with Gasteiger partial charge in [0.05, 0.1) is 17.7 Å². The molecule has 0 aliphatic rings. The largest absolute Gasteiger partial charge is 0.484 e. The molecule has 0 saturated carbocycles. The van der Waals surface area contributed by atoms with Crippen LogP contribution < -0.4 is 10.1 Å². The standard InChI is InChI=1S/C15H14FN3O2S/c1-9(20)17-5-11-2-10-3-13(16)15(4-14(10)19-11)21-6-12-7-22-8-18-12/h2-4,7-8,19H,5-6H2,1H3,(H,17,20). The SMILES string of the molecule is CC(=O)NCc1cc2cc(F)c(OCc3cscn3)cc2[nH]1. The zero-order valence-electron chi connectivity index (χ0n) is 11.9. The number of aromatic amines is 1. The monoisotopic (exact) mass is 319 g/mol. The maximum atomic E-state index is 14.0. The fraction of sp³-hybridized carbons (Fsp3) is 0.200. The first kappa shape index (κ1) is 14.5. The fourth-order valence-electron chi connectivity index (χ4n) is 2.08. The van der Waals surface area contributed by atoms with Crippen molar-refractivity contribution in [1.29, 1.82) is 0 Å². The summed E-state index contributed by atoms with van der Waals surface area (Å²) in [5.41, 5.74) is 4.04. The van der Waals surface area contributed by atoms with Crippen LogP contribution in [0.5, 0.6) is 5.75 Å². The molecule has 0 spiro atoms. The van der Waals surface area contributed by atoms with E-state index in [0.717, 1.165) is 22.3 Å². The maximum Gasteiger partial charge on any atom is 0.217 e. The Morgan fingerprint density at radius 3 is 3.05 bits per heavy atom. The molecule has 0 saturated heterocycles. The average molecular weight is 319 g/mol. The van der Waals surface area contributed by atoms with Crippen molar-refractivity contribution in [2.45, 2.75) is 20.1 Å². The third kappa shape index (κ3) is 3.25. The van der Waals surface area contributed by atoms with Crippen molar-refractivity contribution in [2.75, 3.05) is 0 Å². The number of fused-ring (bicyclic) bond motifs is 1. The highest BCUT2D eigenvalue weighted by Crippen LogP contribution is 2.26. The topological polar surface area (TPSA) is 67.0 Å². The molecule has 1 amide bonds. The predicted octanol–water partition coefficient (Wildman–Crippen LogP) is 2.98. The number of aromatic nitrogens is 2. The van der Waals surface area contributed by atoms with Gasteiger partial charge in [0.2, 0.25) is 5.91 Å². The number of rotatable bonds is 5. The van der Waals surface area contributed by atoms with Crippen molar-refractivity contribution in [3.8, 4) is 5.75 Å². The number of hydrogen-bond donors (Lipinski definition) is 2. The molecular formula is C15H14FN3O2S. The third-order valence-electron chi connectivity index (χ3n) is 3.12. The molecule has 2 aromatic heterocycles. The summed E-state index contributed by atoms with van der Waals surface area (Å²) >= 11 is 1.47. The molecule has 0 atom stereocenters. The van der Waals surface area contributed by atoms with Crippen molar-refractivity contribution < 1.29 is 13.9 Å². The Morgan fingerprint density at radius 2 is 2.32 bits per heavy atom. The van der Waals surface area contributed by atoms with Crippen LogP contribution in [0.2, 0.25) is 0 Å². The van der Waals surface area contributed by atoms with Crippen LogP contribution in [0.15, 0.2) is 29.1 Å². The number of ether oxygens (including phenoxy) is 1. The smallest absolute Gasteiger partial charge is 0.217 e. The second kappa shape index (κ2) is 6.15. The van der Waals surface area contributed by atoms with E-state index in [2.05, 4.69) is 15.3 Å². The number of benzene rings is 1. The molecule has 3 rings (SSSR count). The molecule has 0 bridgehead atoms. The van der Waals surface area contributed by atoms with E-state index in [0.29, 0.717) is 6.54 Å². The van der Waals surface area contributed by atoms with E-state index in [-0.39, 0.29) is 18.3 Å². The number of hydrogen-bond acceptors (Lipinski definition) is 4. The number of nitrogens with one attached hydrogen (secondary N) is 2. The zero-order chi connectivity index (χ0) is 15.5. The van der Waals surface area contributed by atoms with Crippen molar-refractivity contribution in [2.24, 2.45) is 0 Å². The Bertz CT molecular complexity index is 799. The van der Waals surface area contributed by atoms with Gasteiger partial charge in [-0.05, 0) is 12.1 Å². The molecule has 7 heteroatoms. The minimum absolute atomic E-state index is 0.114. The highest BCUT2D eigenvalue weighted by Gasteiger charge is 2.10. The Morgan fingerprint density at radius 1 is 1.45 bits per heavy atom. The van der Waals surface area contributed by atoms with Crippen LogP contribution in [0.25, 0.3) is 10.9 Å². The van der Waals surface area contributed by atoms with Gasteiger partial charge in [0.15, 0.2) is 11.6 Å². The third-order valence-corrected chi connectivity index (χ3v) is 3.75. The van der Waals surface area contributed by atoms with Gasteiger partial charge in [0, 0.05) is 35.0 Å². The number of nitrogens with zero attached hydrogens (tertiary/aromatic N) is 1. The molecule has 0 unspecified atom stereocenters. The van der Waals surface area contributed by atoms with Gasteiger partial charge in [-0.3, -0.25) is 4.79 Å². The summed E-state index contributed by atoms with van der Waals surface area (Å²) in [6.45, 7) is 2.05. The van der Waals surface area contributed by atoms with Crippen LogP contribution in [0.3, 0.4) is 0 Å². The molecule has 0 radical (unpaired) electrons. The van der Waals surface area contributed by atoms with Crippen LogP contribution in [-0.4, -0.2) is 15.9 Å². The van der Waals surface area contributed by atoms with Crippen LogP contribution in [0.1, 0.15) is 18.3 Å². The quantitative estimate of drug-likeness (QED) is 0.760. The van der Waals surface area contributed by atoms with E-state index < -0.39 is 5.82 Å². The lowest BCUT2D eigenvalue weighted by atomic mass is 10.2. The van der Waals surface area contributed by atoms with Gasteiger partial charge in [0.25, 0.3) is 0 Å². The van der Waals surface area contributed by atoms with E-state index in [4.69, 9.17) is 4.74 Å². The average Bonchev–Trinajstić information content (AvgIpc) is 3.11. The van der Waals surface area contributed by atoms with E-state index in [1.54, 1.807) is 17.6 Å². The van der Waals surface area contributed by atoms with Gasteiger partial charge < -0.3 is 15.0 Å². The van der Waals surface area contributed by atoms with Gasteiger partial charge in [-0.1, -0.05) is 0 Å². The van der Waals surface area contributed by atoms with Crippen molar-refractivity contribution in [1.82, 2.24) is 15.3 Å². The molecule has 5 nitrogen and oxygen atoms in total. The zero-order valence-corrected chi connectivity index (χ0v) is 12.7. The Hall–Kier alpha value is -2.41. The van der Waals surface area contributed by atoms with Crippen molar-refractivity contribution in [3.05, 3.63) is 46.3 Å². The lowest BCUT2D eigenvalue weighted by molar-refractivity contribution is -0.119. The van der Waals surface area contributed by atoms with Gasteiger partial charge >= 0.3 is 0 Å². The molecule has 22 heavy (non-hydrogen) atoms. The first-order valence-corrected chi connectivity index (χ1v) is 7.61. The van der Waals surface area contributed by atoms with Crippen LogP contribution >= 0.6 is 11.3 Å². The minimum atomic E-state index is -0.423. The van der Waals surface area contributed by atoms with E-state index >= 15 is 0 Å². The summed E-state index contributed by atoms with van der Waals surface area (Å²) in [6, 6.07) is 4.84. The molecule has 0 fully saturated rings. The molecule has 1 aromatic carbocycles. The first-order valence-electron chi connectivity index (χ1n) is 6.67. The summed E-state index contributed by atoms with van der Waals surface area (Å²) in [5.74, 6) is -0.363. The summed E-state index contributed by atoms with van der Waals surface area (Å²) in [6.07, 6.45) is 0. The van der Waals surface area contributed by atoms with E-state index in [1.807, 2.05) is 5.38 Å².